The van der Waals surface area contributed by atoms with Gasteiger partial charge >= 0.3 is 0 Å². The van der Waals surface area contributed by atoms with E-state index in [-0.39, 0.29) is 24.2 Å². The number of aliphatic hydroxyl groups is 1. The summed E-state index contributed by atoms with van der Waals surface area (Å²) in [6, 6.07) is 3.52. The number of nitrogens with zero attached hydrogens (tertiary/aromatic N) is 1. The van der Waals surface area contributed by atoms with Crippen molar-refractivity contribution in [3.8, 4) is 5.75 Å². The number of ketones is 4. The number of phenols is 1. The zero-order valence-corrected chi connectivity index (χ0v) is 16.5. The summed E-state index contributed by atoms with van der Waals surface area (Å²) in [7, 11) is 3.10. The lowest BCUT2D eigenvalue weighted by molar-refractivity contribution is -0.181. The second kappa shape index (κ2) is 6.55. The maximum atomic E-state index is 13.4. The van der Waals surface area contributed by atoms with Gasteiger partial charge in [-0.3, -0.25) is 28.9 Å². The van der Waals surface area contributed by atoms with Crippen molar-refractivity contribution < 1.29 is 34.2 Å². The molecule has 4 unspecified atom stereocenters. The molecule has 4 rings (SSSR count). The van der Waals surface area contributed by atoms with Crippen molar-refractivity contribution in [2.45, 2.75) is 24.5 Å². The fraction of sp³-hybridized carbons (Fsp3) is 0.476. The average Bonchev–Trinajstić information content (AvgIpc) is 2.64. The van der Waals surface area contributed by atoms with Crippen LogP contribution in [0.25, 0.3) is 0 Å². The molecule has 0 radical (unpaired) electrons. The van der Waals surface area contributed by atoms with Crippen LogP contribution in [-0.4, -0.2) is 69.9 Å². The lowest BCUT2D eigenvalue weighted by Gasteiger charge is -2.52. The van der Waals surface area contributed by atoms with E-state index in [0.717, 1.165) is 0 Å². The zero-order valence-electron chi connectivity index (χ0n) is 16.5. The molecule has 158 valence electrons. The van der Waals surface area contributed by atoms with Crippen LogP contribution in [0.15, 0.2) is 18.2 Å². The summed E-state index contributed by atoms with van der Waals surface area (Å²) < 4.78 is 0. The number of rotatable bonds is 2. The van der Waals surface area contributed by atoms with Crippen LogP contribution in [0.1, 0.15) is 22.3 Å². The van der Waals surface area contributed by atoms with Gasteiger partial charge in [-0.2, -0.15) is 0 Å². The monoisotopic (exact) mass is 414 g/mol. The predicted octanol–water partition coefficient (Wildman–Crippen LogP) is -1.13. The molecular weight excluding hydrogens is 392 g/mol. The minimum atomic E-state index is -2.68. The quantitative estimate of drug-likeness (QED) is 0.513. The first-order chi connectivity index (χ1) is 14.0. The SMILES string of the molecule is CN(C)[C@@H]1C(=O)C(C(N)=O)C(=O)[C@@]2(O)C(=O)C3C(=O)c4c(O)cccc4CC3CC12. The Morgan fingerprint density at radius 3 is 2.43 bits per heavy atom. The van der Waals surface area contributed by atoms with Gasteiger partial charge in [0.2, 0.25) is 5.91 Å². The number of aromatic hydroxyl groups is 1. The Kier molecular flexibility index (Phi) is 4.44. The molecule has 3 aliphatic rings. The third-order valence-electron chi connectivity index (χ3n) is 6.80. The van der Waals surface area contributed by atoms with Crippen molar-refractivity contribution in [3.05, 3.63) is 29.3 Å². The van der Waals surface area contributed by atoms with Crippen LogP contribution in [0.5, 0.6) is 5.75 Å². The molecule has 2 fully saturated rings. The van der Waals surface area contributed by atoms with Gasteiger partial charge in [0.15, 0.2) is 34.7 Å². The fourth-order valence-electron chi connectivity index (χ4n) is 5.54. The van der Waals surface area contributed by atoms with E-state index in [1.165, 1.54) is 11.0 Å². The van der Waals surface area contributed by atoms with E-state index in [1.54, 1.807) is 26.2 Å². The average molecular weight is 414 g/mol. The highest BCUT2D eigenvalue weighted by atomic mass is 16.3. The number of carbonyl (C=O) groups is 5. The minimum absolute atomic E-state index is 0.00379. The Morgan fingerprint density at radius 2 is 1.83 bits per heavy atom. The molecule has 6 atom stereocenters. The lowest BCUT2D eigenvalue weighted by Crippen LogP contribution is -2.74. The Morgan fingerprint density at radius 1 is 1.17 bits per heavy atom. The topological polar surface area (TPSA) is 155 Å². The van der Waals surface area contributed by atoms with Gasteiger partial charge in [0.25, 0.3) is 0 Å². The molecule has 9 heteroatoms. The standard InChI is InChI=1S/C21H22N2O7/c1-23(2)15-10-7-9-6-8-4-3-5-11(24)12(8)16(25)13(9)18(27)21(10,30)19(28)14(17(15)26)20(22)29/h3-5,9-10,13-15,24,30H,6-7H2,1-2H3,(H2,22,29)/t9?,10?,13?,14?,15-,21-/m0/s1. The number of benzene rings is 1. The number of amides is 1. The van der Waals surface area contributed by atoms with Crippen LogP contribution >= 0.6 is 0 Å². The molecular formula is C21H22N2O7. The van der Waals surface area contributed by atoms with E-state index in [9.17, 15) is 34.2 Å². The van der Waals surface area contributed by atoms with Gasteiger partial charge in [-0.05, 0) is 44.5 Å². The predicted molar refractivity (Wildman–Crippen MR) is 101 cm³/mol. The number of Topliss-reactive ketones (excluding diaryl/α,β-unsaturated/α-hetero) is 4. The first-order valence-electron chi connectivity index (χ1n) is 9.67. The summed E-state index contributed by atoms with van der Waals surface area (Å²) >= 11 is 0. The Bertz CT molecular complexity index is 1020. The van der Waals surface area contributed by atoms with Gasteiger partial charge in [-0.25, -0.2) is 0 Å². The van der Waals surface area contributed by atoms with Gasteiger partial charge in [0.1, 0.15) is 5.75 Å². The van der Waals surface area contributed by atoms with Gasteiger partial charge in [0, 0.05) is 5.92 Å². The van der Waals surface area contributed by atoms with Crippen LogP contribution < -0.4 is 5.73 Å². The molecule has 0 aromatic heterocycles. The maximum Gasteiger partial charge on any atom is 0.235 e. The summed E-state index contributed by atoms with van der Waals surface area (Å²) in [4.78, 5) is 65.8. The summed E-state index contributed by atoms with van der Waals surface area (Å²) in [5.74, 6) is -10.2. The third-order valence-corrected chi connectivity index (χ3v) is 6.80. The Labute approximate surface area is 171 Å². The molecule has 4 N–H and O–H groups in total. The molecule has 30 heavy (non-hydrogen) atoms. The lowest BCUT2D eigenvalue weighted by atomic mass is 9.52. The molecule has 0 heterocycles. The molecule has 3 aliphatic carbocycles. The normalized spacial score (nSPS) is 35.7. The molecule has 1 amide bonds. The Hall–Kier alpha value is -2.91. The number of primary amides is 1. The highest BCUT2D eigenvalue weighted by molar-refractivity contribution is 6.32. The fourth-order valence-corrected chi connectivity index (χ4v) is 5.54. The summed E-state index contributed by atoms with van der Waals surface area (Å²) in [6.45, 7) is 0. The minimum Gasteiger partial charge on any atom is -0.507 e. The van der Waals surface area contributed by atoms with Gasteiger partial charge in [0.05, 0.1) is 17.5 Å². The van der Waals surface area contributed by atoms with Crippen molar-refractivity contribution in [1.82, 2.24) is 4.90 Å². The van der Waals surface area contributed by atoms with Gasteiger partial charge < -0.3 is 15.9 Å². The van der Waals surface area contributed by atoms with Crippen molar-refractivity contribution in [2.75, 3.05) is 14.1 Å². The van der Waals surface area contributed by atoms with E-state index >= 15 is 0 Å². The second-order valence-electron chi connectivity index (χ2n) is 8.60. The van der Waals surface area contributed by atoms with E-state index < -0.39 is 64.4 Å². The van der Waals surface area contributed by atoms with Gasteiger partial charge in [-0.1, -0.05) is 12.1 Å². The van der Waals surface area contributed by atoms with E-state index in [2.05, 4.69) is 0 Å². The maximum absolute atomic E-state index is 13.4. The first kappa shape index (κ1) is 20.4. The molecule has 2 saturated carbocycles. The number of fused-ring (bicyclic) bond motifs is 3. The molecule has 1 aromatic rings. The number of hydrogen-bond acceptors (Lipinski definition) is 8. The first-order valence-corrected chi connectivity index (χ1v) is 9.67. The van der Waals surface area contributed by atoms with Crippen LogP contribution in [0.3, 0.4) is 0 Å². The Balaban J connectivity index is 1.87. The molecule has 9 nitrogen and oxygen atoms in total. The van der Waals surface area contributed by atoms with E-state index in [4.69, 9.17) is 5.73 Å². The van der Waals surface area contributed by atoms with Crippen LogP contribution in [0, 0.1) is 23.7 Å². The summed E-state index contributed by atoms with van der Waals surface area (Å²) in [6.07, 6.45) is 0.333. The summed E-state index contributed by atoms with van der Waals surface area (Å²) in [5.41, 5.74) is 3.16. The number of phenolic OH excluding ortho intramolecular Hbond substituents is 1. The largest absolute Gasteiger partial charge is 0.507 e. The smallest absolute Gasteiger partial charge is 0.235 e. The number of hydrogen-bond donors (Lipinski definition) is 3. The third kappa shape index (κ3) is 2.45. The van der Waals surface area contributed by atoms with Crippen molar-refractivity contribution in [2.24, 2.45) is 29.4 Å². The molecule has 0 saturated heterocycles. The number of likely N-dealkylation sites (N-methyl/N-ethyl adjacent to an activating group) is 1. The molecule has 1 aromatic carbocycles. The molecule has 0 aliphatic heterocycles. The van der Waals surface area contributed by atoms with Crippen molar-refractivity contribution in [3.63, 3.8) is 0 Å². The highest BCUT2D eigenvalue weighted by Gasteiger charge is 2.69. The molecule has 0 bridgehead atoms. The summed E-state index contributed by atoms with van der Waals surface area (Å²) in [5, 5.41) is 21.5. The van der Waals surface area contributed by atoms with Crippen molar-refractivity contribution >= 4 is 29.0 Å². The van der Waals surface area contributed by atoms with Gasteiger partial charge in [-0.15, -0.1) is 0 Å². The zero-order chi connectivity index (χ0) is 22.1. The number of nitrogens with two attached hydrogens (primary N) is 1. The number of carbonyl (C=O) groups excluding carboxylic acids is 5. The molecule has 0 spiro atoms. The van der Waals surface area contributed by atoms with Crippen LogP contribution in [-0.2, 0) is 25.6 Å². The second-order valence-corrected chi connectivity index (χ2v) is 8.60. The van der Waals surface area contributed by atoms with E-state index in [1.807, 2.05) is 0 Å². The van der Waals surface area contributed by atoms with Crippen LogP contribution in [0.2, 0.25) is 0 Å². The van der Waals surface area contributed by atoms with Crippen LogP contribution in [0.4, 0.5) is 0 Å². The van der Waals surface area contributed by atoms with E-state index in [0.29, 0.717) is 5.56 Å². The highest BCUT2D eigenvalue weighted by Crippen LogP contribution is 2.50. The van der Waals surface area contributed by atoms with Crippen molar-refractivity contribution in [1.29, 1.82) is 0 Å².